The first-order valence-corrected chi connectivity index (χ1v) is 12.9. The summed E-state index contributed by atoms with van der Waals surface area (Å²) >= 11 is 6.28. The Bertz CT molecular complexity index is 1330. The van der Waals surface area contributed by atoms with E-state index in [-0.39, 0.29) is 11.7 Å². The first-order chi connectivity index (χ1) is 17.3. The molecule has 0 radical (unpaired) electrons. The van der Waals surface area contributed by atoms with Gasteiger partial charge in [-0.05, 0) is 37.7 Å². The lowest BCUT2D eigenvalue weighted by Crippen LogP contribution is -2.54. The third-order valence-electron chi connectivity index (χ3n) is 7.53. The second-order valence-electron chi connectivity index (χ2n) is 10.1. The van der Waals surface area contributed by atoms with Crippen LogP contribution in [0.2, 0.25) is 5.02 Å². The Balaban J connectivity index is 1.66. The van der Waals surface area contributed by atoms with Crippen molar-refractivity contribution in [2.45, 2.75) is 52.1 Å². The van der Waals surface area contributed by atoms with Crippen molar-refractivity contribution in [3.05, 3.63) is 35.2 Å². The van der Waals surface area contributed by atoms with Gasteiger partial charge in [0, 0.05) is 56.2 Å². The summed E-state index contributed by atoms with van der Waals surface area (Å²) < 4.78 is 2.24. The minimum absolute atomic E-state index is 0.0449. The van der Waals surface area contributed by atoms with E-state index in [1.807, 2.05) is 13.0 Å². The summed E-state index contributed by atoms with van der Waals surface area (Å²) in [6.45, 7) is 6.50. The number of hydrogen-bond donors (Lipinski definition) is 1. The van der Waals surface area contributed by atoms with E-state index in [0.717, 1.165) is 42.3 Å². The van der Waals surface area contributed by atoms with Crippen LogP contribution in [0, 0.1) is 23.2 Å². The molecule has 10 heteroatoms. The maximum absolute atomic E-state index is 11.6. The van der Waals surface area contributed by atoms with E-state index in [1.165, 1.54) is 17.7 Å². The predicted octanol–water partition coefficient (Wildman–Crippen LogP) is 5.03. The molecule has 3 aromatic rings. The monoisotopic (exact) mass is 507 g/mol. The van der Waals surface area contributed by atoms with E-state index >= 15 is 0 Å². The van der Waals surface area contributed by atoms with Crippen LogP contribution in [0.1, 0.15) is 45.2 Å². The number of nitriles is 1. The minimum Gasteiger partial charge on any atom is -0.465 e. The lowest BCUT2D eigenvalue weighted by molar-refractivity contribution is 0.135. The summed E-state index contributed by atoms with van der Waals surface area (Å²) in [5, 5.41) is 19.7. The average Bonchev–Trinajstić information content (AvgIpc) is 3.22. The van der Waals surface area contributed by atoms with Gasteiger partial charge in [0.1, 0.15) is 11.8 Å². The molecule has 0 spiro atoms. The number of fused-ring (bicyclic) bond motifs is 1. The topological polar surface area (TPSA) is 111 Å². The smallest absolute Gasteiger partial charge is 0.407 e. The van der Waals surface area contributed by atoms with Gasteiger partial charge in [-0.15, -0.1) is 0 Å². The maximum Gasteiger partial charge on any atom is 0.407 e. The largest absolute Gasteiger partial charge is 0.465 e. The van der Waals surface area contributed by atoms with E-state index in [9.17, 15) is 15.2 Å². The first kappa shape index (κ1) is 24.3. The summed E-state index contributed by atoms with van der Waals surface area (Å²) in [4.78, 5) is 29.2. The van der Waals surface area contributed by atoms with Gasteiger partial charge in [-0.25, -0.2) is 14.8 Å². The third kappa shape index (κ3) is 4.70. The lowest BCUT2D eigenvalue weighted by atomic mass is 9.83. The number of hydrogen-bond acceptors (Lipinski definition) is 6. The molecular weight excluding hydrogens is 478 g/mol. The highest BCUT2D eigenvalue weighted by atomic mass is 35.5. The Hall–Kier alpha value is -3.38. The van der Waals surface area contributed by atoms with Crippen LogP contribution in [0.4, 0.5) is 10.7 Å². The van der Waals surface area contributed by atoms with Crippen LogP contribution in [0.5, 0.6) is 0 Å². The fourth-order valence-corrected chi connectivity index (χ4v) is 5.71. The molecule has 2 fully saturated rings. The van der Waals surface area contributed by atoms with Gasteiger partial charge in [0.25, 0.3) is 0 Å². The van der Waals surface area contributed by atoms with Gasteiger partial charge in [-0.1, -0.05) is 31.4 Å². The number of anilines is 1. The highest BCUT2D eigenvalue weighted by Crippen LogP contribution is 2.36. The molecule has 1 atom stereocenters. The molecule has 1 aliphatic carbocycles. The Morgan fingerprint density at radius 1 is 1.17 bits per heavy atom. The molecule has 1 saturated carbocycles. The fraction of sp³-hybridized carbons (Fsp3) is 0.500. The highest BCUT2D eigenvalue weighted by molar-refractivity contribution is 6.30. The summed E-state index contributed by atoms with van der Waals surface area (Å²) in [6, 6.07) is 5.67. The van der Waals surface area contributed by atoms with Crippen LogP contribution in [-0.2, 0) is 6.54 Å². The summed E-state index contributed by atoms with van der Waals surface area (Å²) in [7, 11) is 0. The molecule has 1 N–H and O–H groups in total. The SMILES string of the molecule is CC1CN(C(=O)O)CCN1c1nc2cc(C#N)nc(-c3cncc(Cl)c3)c2n1C[C@H]1CC[C@H](C)CC1. The van der Waals surface area contributed by atoms with Gasteiger partial charge >= 0.3 is 6.09 Å². The average molecular weight is 508 g/mol. The Morgan fingerprint density at radius 2 is 1.94 bits per heavy atom. The van der Waals surface area contributed by atoms with Crippen molar-refractivity contribution in [2.75, 3.05) is 24.5 Å². The molecule has 1 unspecified atom stereocenters. The van der Waals surface area contributed by atoms with Gasteiger partial charge in [0.15, 0.2) is 0 Å². The van der Waals surface area contributed by atoms with Crippen molar-refractivity contribution in [3.8, 4) is 17.3 Å². The second kappa shape index (κ2) is 9.94. The van der Waals surface area contributed by atoms with Crippen molar-refractivity contribution in [3.63, 3.8) is 0 Å². The number of rotatable bonds is 4. The van der Waals surface area contributed by atoms with E-state index in [2.05, 4.69) is 32.4 Å². The molecule has 9 nitrogen and oxygen atoms in total. The van der Waals surface area contributed by atoms with Crippen LogP contribution in [0.15, 0.2) is 24.5 Å². The number of halogens is 1. The zero-order chi connectivity index (χ0) is 25.4. The molecule has 3 aromatic heterocycles. The number of amides is 1. The van der Waals surface area contributed by atoms with Crippen LogP contribution >= 0.6 is 11.6 Å². The number of pyridine rings is 2. The molecule has 1 amide bonds. The lowest BCUT2D eigenvalue weighted by Gasteiger charge is -2.39. The Morgan fingerprint density at radius 3 is 2.61 bits per heavy atom. The summed E-state index contributed by atoms with van der Waals surface area (Å²) in [5.41, 5.74) is 3.21. The van der Waals surface area contributed by atoms with E-state index in [1.54, 1.807) is 18.5 Å². The molecule has 36 heavy (non-hydrogen) atoms. The Labute approximate surface area is 215 Å². The van der Waals surface area contributed by atoms with Crippen molar-refractivity contribution < 1.29 is 9.90 Å². The van der Waals surface area contributed by atoms with Crippen LogP contribution in [0.3, 0.4) is 0 Å². The zero-order valence-corrected chi connectivity index (χ0v) is 21.3. The molecule has 0 aromatic carbocycles. The minimum atomic E-state index is -0.898. The number of carboxylic acid groups (broad SMARTS) is 1. The van der Waals surface area contributed by atoms with E-state index < -0.39 is 6.09 Å². The zero-order valence-electron chi connectivity index (χ0n) is 20.6. The number of nitrogens with zero attached hydrogens (tertiary/aromatic N) is 7. The first-order valence-electron chi connectivity index (χ1n) is 12.5. The molecule has 5 rings (SSSR count). The Kier molecular flexibility index (Phi) is 6.71. The number of carbonyl (C=O) groups is 1. The normalized spacial score (nSPS) is 22.6. The molecular formula is C26H30ClN7O2. The molecule has 188 valence electrons. The van der Waals surface area contributed by atoms with E-state index in [0.29, 0.717) is 41.8 Å². The standard InChI is InChI=1S/C26H30ClN7O2/c1-16-3-5-18(6-4-16)15-34-24-22(31-25(34)33-8-7-32(26(35)36)14-17(33)2)10-21(11-28)30-23(24)19-9-20(27)13-29-12-19/h9-10,12-13,16-18H,3-8,14-15H2,1-2H3,(H,35,36)/t16-,17?,18-. The molecule has 1 aliphatic heterocycles. The van der Waals surface area contributed by atoms with Crippen LogP contribution in [-0.4, -0.2) is 61.3 Å². The highest BCUT2D eigenvalue weighted by Gasteiger charge is 2.32. The number of aromatic nitrogens is 4. The molecule has 4 heterocycles. The molecule has 2 aliphatic rings. The molecule has 0 bridgehead atoms. The van der Waals surface area contributed by atoms with Gasteiger partial charge in [-0.3, -0.25) is 4.98 Å². The quantitative estimate of drug-likeness (QED) is 0.526. The van der Waals surface area contributed by atoms with Crippen LogP contribution in [0.25, 0.3) is 22.3 Å². The van der Waals surface area contributed by atoms with Crippen LogP contribution < -0.4 is 4.90 Å². The van der Waals surface area contributed by atoms with Crippen molar-refractivity contribution >= 4 is 34.7 Å². The van der Waals surface area contributed by atoms with E-state index in [4.69, 9.17) is 16.6 Å². The third-order valence-corrected chi connectivity index (χ3v) is 7.74. The number of piperazine rings is 1. The van der Waals surface area contributed by atoms with Gasteiger partial charge in [0.05, 0.1) is 21.7 Å². The van der Waals surface area contributed by atoms with Crippen molar-refractivity contribution in [2.24, 2.45) is 11.8 Å². The van der Waals surface area contributed by atoms with Gasteiger partial charge in [-0.2, -0.15) is 5.26 Å². The maximum atomic E-state index is 11.6. The number of imidazole rings is 1. The predicted molar refractivity (Wildman–Crippen MR) is 138 cm³/mol. The summed E-state index contributed by atoms with van der Waals surface area (Å²) in [6.07, 6.45) is 7.12. The summed E-state index contributed by atoms with van der Waals surface area (Å²) in [5.74, 6) is 2.06. The molecule has 1 saturated heterocycles. The fourth-order valence-electron chi connectivity index (χ4n) is 5.53. The van der Waals surface area contributed by atoms with Gasteiger partial charge in [0.2, 0.25) is 5.95 Å². The second-order valence-corrected chi connectivity index (χ2v) is 10.6. The van der Waals surface area contributed by atoms with Gasteiger partial charge < -0.3 is 19.5 Å². The van der Waals surface area contributed by atoms with Crippen molar-refractivity contribution in [1.29, 1.82) is 5.26 Å². The van der Waals surface area contributed by atoms with Crippen molar-refractivity contribution in [1.82, 2.24) is 24.4 Å².